The van der Waals surface area contributed by atoms with Crippen LogP contribution in [0.5, 0.6) is 5.75 Å². The maximum absolute atomic E-state index is 12.4. The van der Waals surface area contributed by atoms with Crippen molar-refractivity contribution in [2.75, 3.05) is 18.8 Å². The second-order valence-corrected chi connectivity index (χ2v) is 9.50. The number of allylic oxidation sites excluding steroid dienone is 1. The lowest BCUT2D eigenvalue weighted by Gasteiger charge is -2.38. The van der Waals surface area contributed by atoms with Gasteiger partial charge in [-0.15, -0.1) is 0 Å². The van der Waals surface area contributed by atoms with Crippen molar-refractivity contribution in [3.8, 4) is 5.75 Å². The van der Waals surface area contributed by atoms with E-state index < -0.39 is 17.1 Å². The second-order valence-electron chi connectivity index (χ2n) is 7.41. The van der Waals surface area contributed by atoms with E-state index in [0.29, 0.717) is 25.3 Å². The van der Waals surface area contributed by atoms with Crippen LogP contribution in [0.4, 0.5) is 0 Å². The van der Waals surface area contributed by atoms with Gasteiger partial charge in [0.1, 0.15) is 11.4 Å². The Balaban J connectivity index is 1.68. The van der Waals surface area contributed by atoms with Crippen LogP contribution in [0.3, 0.4) is 0 Å². The minimum absolute atomic E-state index is 0.136. The van der Waals surface area contributed by atoms with E-state index in [4.69, 9.17) is 4.65 Å². The van der Waals surface area contributed by atoms with Crippen molar-refractivity contribution in [1.29, 1.82) is 0 Å². The van der Waals surface area contributed by atoms with Crippen molar-refractivity contribution in [3.63, 3.8) is 0 Å². The second kappa shape index (κ2) is 6.96. The number of hydrogen-bond donors (Lipinski definition) is 2. The third-order valence-electron chi connectivity index (χ3n) is 5.53. The van der Waals surface area contributed by atoms with E-state index in [9.17, 15) is 13.4 Å². The first-order chi connectivity index (χ1) is 12.9. The maximum Gasteiger partial charge on any atom is 0.552 e. The van der Waals surface area contributed by atoms with Gasteiger partial charge in [0.2, 0.25) is 10.0 Å². The van der Waals surface area contributed by atoms with Gasteiger partial charge in [-0.05, 0) is 42.3 Å². The summed E-state index contributed by atoms with van der Waals surface area (Å²) in [7, 11) is -4.21. The molecule has 2 aromatic rings. The number of sulfonamides is 1. The Kier molecular flexibility index (Phi) is 4.77. The van der Waals surface area contributed by atoms with Crippen molar-refractivity contribution in [1.82, 2.24) is 14.3 Å². The monoisotopic (exact) mass is 389 g/mol. The molecule has 0 saturated carbocycles. The first-order valence-corrected chi connectivity index (χ1v) is 11.0. The molecule has 27 heavy (non-hydrogen) atoms. The minimum atomic E-state index is -3.19. The molecule has 0 radical (unpaired) electrons. The van der Waals surface area contributed by atoms with E-state index in [1.807, 2.05) is 19.2 Å². The van der Waals surface area contributed by atoms with Gasteiger partial charge in [-0.3, -0.25) is 0 Å². The van der Waals surface area contributed by atoms with Crippen LogP contribution < -0.4 is 4.65 Å². The molecular weight excluding hydrogens is 365 g/mol. The van der Waals surface area contributed by atoms with E-state index in [-0.39, 0.29) is 17.6 Å². The summed E-state index contributed by atoms with van der Waals surface area (Å²) in [6, 6.07) is 1.96. The Morgan fingerprint density at radius 1 is 1.48 bits per heavy atom. The Morgan fingerprint density at radius 3 is 3.04 bits per heavy atom. The fraction of sp³-hybridized carbons (Fsp3) is 0.500. The van der Waals surface area contributed by atoms with Crippen LogP contribution in [-0.2, 0) is 10.0 Å². The van der Waals surface area contributed by atoms with Gasteiger partial charge in [-0.25, -0.2) is 17.7 Å². The van der Waals surface area contributed by atoms with E-state index in [0.717, 1.165) is 28.6 Å². The molecule has 144 valence electrons. The lowest BCUT2D eigenvalue weighted by Crippen LogP contribution is -2.44. The van der Waals surface area contributed by atoms with Crippen LogP contribution in [0.25, 0.3) is 16.6 Å². The van der Waals surface area contributed by atoms with Gasteiger partial charge in [0, 0.05) is 30.2 Å². The zero-order valence-electron chi connectivity index (χ0n) is 15.6. The Morgan fingerprint density at radius 2 is 2.30 bits per heavy atom. The number of nitrogens with one attached hydrogen (secondary N) is 1. The minimum Gasteiger partial charge on any atom is -0.531 e. The number of nitrogens with zero attached hydrogens (tertiary/aromatic N) is 2. The number of piperidine rings is 1. The van der Waals surface area contributed by atoms with Crippen molar-refractivity contribution in [3.05, 3.63) is 30.0 Å². The number of fused-ring (bicyclic) bond motifs is 3. The van der Waals surface area contributed by atoms with Gasteiger partial charge in [0.15, 0.2) is 0 Å². The van der Waals surface area contributed by atoms with Crippen LogP contribution in [0, 0.1) is 11.8 Å². The predicted octanol–water partition coefficient (Wildman–Crippen LogP) is 2.06. The molecular formula is C18H24BN3O4S. The van der Waals surface area contributed by atoms with Gasteiger partial charge < -0.3 is 14.7 Å². The number of aromatic nitrogens is 2. The smallest absolute Gasteiger partial charge is 0.531 e. The van der Waals surface area contributed by atoms with Crippen LogP contribution in [0.15, 0.2) is 24.4 Å². The van der Waals surface area contributed by atoms with Crippen LogP contribution in [-0.4, -0.2) is 53.7 Å². The summed E-state index contributed by atoms with van der Waals surface area (Å²) in [6.45, 7) is 4.96. The van der Waals surface area contributed by atoms with Gasteiger partial charge in [0.25, 0.3) is 0 Å². The number of rotatable bonds is 4. The molecule has 4 rings (SSSR count). The summed E-state index contributed by atoms with van der Waals surface area (Å²) >= 11 is 0. The molecule has 0 spiro atoms. The molecule has 7 nitrogen and oxygen atoms in total. The van der Waals surface area contributed by atoms with E-state index in [1.54, 1.807) is 16.5 Å². The lowest BCUT2D eigenvalue weighted by atomic mass is 9.71. The standard InChI is InChI=1S/C18H24BN3O4S/c1-3-8-27(24,25)22-7-5-13(12(2)11-22)15-9-19(23)26-16-10-21-18-14(17(15)16)4-6-20-18/h4,6,9-10,12-13,23H,3,5,7-8,11H2,1-2H3,(H,20,21)/t12-,13+/m0/s1. The summed E-state index contributed by atoms with van der Waals surface area (Å²) in [4.78, 5) is 7.46. The summed E-state index contributed by atoms with van der Waals surface area (Å²) in [5.41, 5.74) is 2.75. The Labute approximate surface area is 159 Å². The number of aromatic amines is 1. The SMILES string of the molecule is CCCS(=O)(=O)N1CC[C@@H](C2=CB(O)Oc3cnc4[nH]ccc4c32)[C@@H](C)C1. The van der Waals surface area contributed by atoms with Gasteiger partial charge in [-0.1, -0.05) is 13.8 Å². The zero-order chi connectivity index (χ0) is 19.2. The highest BCUT2D eigenvalue weighted by molar-refractivity contribution is 7.89. The van der Waals surface area contributed by atoms with Gasteiger partial charge >= 0.3 is 7.12 Å². The van der Waals surface area contributed by atoms with E-state index in [1.165, 1.54) is 0 Å². The molecule has 2 aliphatic rings. The summed E-state index contributed by atoms with van der Waals surface area (Å²) in [5, 5.41) is 11.1. The quantitative estimate of drug-likeness (QED) is 0.781. The molecule has 2 aliphatic heterocycles. The molecule has 2 aromatic heterocycles. The van der Waals surface area contributed by atoms with Gasteiger partial charge in [0.05, 0.1) is 11.9 Å². The lowest BCUT2D eigenvalue weighted by molar-refractivity contribution is 0.237. The molecule has 2 N–H and O–H groups in total. The number of hydrogen-bond acceptors (Lipinski definition) is 5. The highest BCUT2D eigenvalue weighted by atomic mass is 32.2. The highest BCUT2D eigenvalue weighted by Gasteiger charge is 2.38. The fourth-order valence-electron chi connectivity index (χ4n) is 4.30. The Hall–Kier alpha value is -1.84. The zero-order valence-corrected chi connectivity index (χ0v) is 16.4. The third-order valence-corrected chi connectivity index (χ3v) is 7.58. The van der Waals surface area contributed by atoms with Crippen molar-refractivity contribution in [2.45, 2.75) is 26.7 Å². The molecule has 1 fully saturated rings. The van der Waals surface area contributed by atoms with Crippen LogP contribution in [0.1, 0.15) is 32.3 Å². The third kappa shape index (κ3) is 3.28. The first kappa shape index (κ1) is 18.5. The molecule has 4 heterocycles. The summed E-state index contributed by atoms with van der Waals surface area (Å²) in [5.74, 6) is 2.80. The average molecular weight is 389 g/mol. The molecule has 0 unspecified atom stereocenters. The van der Waals surface area contributed by atoms with Crippen molar-refractivity contribution >= 4 is 33.7 Å². The topological polar surface area (TPSA) is 95.5 Å². The Bertz CT molecular complexity index is 988. The largest absolute Gasteiger partial charge is 0.552 e. The highest BCUT2D eigenvalue weighted by Crippen LogP contribution is 2.44. The number of H-pyrrole nitrogens is 1. The molecule has 0 bridgehead atoms. The first-order valence-electron chi connectivity index (χ1n) is 9.41. The molecule has 0 amide bonds. The van der Waals surface area contributed by atoms with Crippen molar-refractivity contribution in [2.24, 2.45) is 11.8 Å². The summed E-state index contributed by atoms with van der Waals surface area (Å²) in [6.07, 6.45) is 4.81. The fourth-order valence-corrected chi connectivity index (χ4v) is 5.92. The molecule has 9 heteroatoms. The molecule has 1 saturated heterocycles. The number of pyridine rings is 1. The van der Waals surface area contributed by atoms with Crippen molar-refractivity contribution < 1.29 is 18.1 Å². The normalized spacial score (nSPS) is 23.8. The maximum atomic E-state index is 12.4. The molecule has 0 aromatic carbocycles. The predicted molar refractivity (Wildman–Crippen MR) is 106 cm³/mol. The average Bonchev–Trinajstić information content (AvgIpc) is 3.09. The summed E-state index contributed by atoms with van der Waals surface area (Å²) < 4.78 is 32.1. The van der Waals surface area contributed by atoms with E-state index >= 15 is 0 Å². The van der Waals surface area contributed by atoms with E-state index in [2.05, 4.69) is 16.9 Å². The van der Waals surface area contributed by atoms with Gasteiger partial charge in [-0.2, -0.15) is 0 Å². The molecule has 2 atom stereocenters. The van der Waals surface area contributed by atoms with Crippen LogP contribution >= 0.6 is 0 Å². The van der Waals surface area contributed by atoms with Crippen LogP contribution in [0.2, 0.25) is 0 Å². The molecule has 0 aliphatic carbocycles.